The van der Waals surface area contributed by atoms with Crippen LogP contribution in [0.15, 0.2) is 24.4 Å². The van der Waals surface area contributed by atoms with Crippen LogP contribution in [0.2, 0.25) is 0 Å². The van der Waals surface area contributed by atoms with Gasteiger partial charge in [-0.25, -0.2) is 4.79 Å². The fourth-order valence-corrected chi connectivity index (χ4v) is 4.32. The van der Waals surface area contributed by atoms with Crippen LogP contribution in [-0.2, 0) is 6.42 Å². The Morgan fingerprint density at radius 3 is 3.09 bits per heavy atom. The van der Waals surface area contributed by atoms with Gasteiger partial charge in [0.05, 0.1) is 0 Å². The van der Waals surface area contributed by atoms with E-state index in [0.717, 1.165) is 35.5 Å². The monoisotopic (exact) mass is 336 g/mol. The molecule has 0 spiro atoms. The number of fused-ring (bicyclic) bond motifs is 1. The zero-order chi connectivity index (χ0) is 15.4. The van der Waals surface area contributed by atoms with Gasteiger partial charge in [-0.1, -0.05) is 16.9 Å². The fraction of sp³-hybridized carbons (Fsp3) is 0.438. The zero-order valence-corrected chi connectivity index (χ0v) is 14.2. The molecule has 1 aromatic carbocycles. The molecule has 0 saturated heterocycles. The van der Waals surface area contributed by atoms with Gasteiger partial charge < -0.3 is 15.0 Å². The lowest BCUT2D eigenvalue weighted by Crippen LogP contribution is -2.10. The molecular weight excluding hydrogens is 316 g/mol. The SMILES string of the molecule is CNCCc1c[nH]c2cccc(OC(=O)SSCC3CC3)c12. The largest absolute Gasteiger partial charge is 0.417 e. The van der Waals surface area contributed by atoms with Gasteiger partial charge in [0.2, 0.25) is 0 Å². The Morgan fingerprint density at radius 1 is 1.45 bits per heavy atom. The van der Waals surface area contributed by atoms with Crippen LogP contribution < -0.4 is 10.1 Å². The van der Waals surface area contributed by atoms with Crippen LogP contribution in [0.3, 0.4) is 0 Å². The van der Waals surface area contributed by atoms with E-state index >= 15 is 0 Å². The maximum absolute atomic E-state index is 12.0. The van der Waals surface area contributed by atoms with Crippen LogP contribution in [0.1, 0.15) is 18.4 Å². The lowest BCUT2D eigenvalue weighted by molar-refractivity contribution is 0.228. The van der Waals surface area contributed by atoms with Crippen LogP contribution in [-0.4, -0.2) is 29.6 Å². The Kier molecular flexibility index (Phi) is 5.33. The van der Waals surface area contributed by atoms with E-state index in [4.69, 9.17) is 4.74 Å². The quantitative estimate of drug-likeness (QED) is 0.586. The van der Waals surface area contributed by atoms with E-state index in [1.807, 2.05) is 31.4 Å². The lowest BCUT2D eigenvalue weighted by atomic mass is 10.1. The minimum absolute atomic E-state index is 0.237. The predicted octanol–water partition coefficient (Wildman–Crippen LogP) is 4.22. The summed E-state index contributed by atoms with van der Waals surface area (Å²) < 4.78 is 5.57. The summed E-state index contributed by atoms with van der Waals surface area (Å²) in [6.45, 7) is 0.890. The Hall–Kier alpha value is -1.11. The number of carbonyl (C=O) groups is 1. The van der Waals surface area contributed by atoms with E-state index in [9.17, 15) is 4.79 Å². The van der Waals surface area contributed by atoms with Gasteiger partial charge in [-0.15, -0.1) is 0 Å². The van der Waals surface area contributed by atoms with Crippen molar-refractivity contribution in [1.29, 1.82) is 0 Å². The molecule has 4 nitrogen and oxygen atoms in total. The number of hydrogen-bond donors (Lipinski definition) is 2. The minimum Gasteiger partial charge on any atom is -0.417 e. The Balaban J connectivity index is 1.68. The smallest absolute Gasteiger partial charge is 0.383 e. The molecule has 118 valence electrons. The van der Waals surface area contributed by atoms with Crippen LogP contribution in [0.4, 0.5) is 4.79 Å². The van der Waals surface area contributed by atoms with Gasteiger partial charge in [0.25, 0.3) is 0 Å². The summed E-state index contributed by atoms with van der Waals surface area (Å²) in [5.74, 6) is 2.50. The van der Waals surface area contributed by atoms with Gasteiger partial charge in [-0.05, 0) is 56.5 Å². The van der Waals surface area contributed by atoms with Crippen molar-refractivity contribution in [2.24, 2.45) is 5.92 Å². The number of hydrogen-bond acceptors (Lipinski definition) is 5. The highest BCUT2D eigenvalue weighted by atomic mass is 33.1. The Labute approximate surface area is 138 Å². The van der Waals surface area contributed by atoms with Crippen molar-refractivity contribution in [2.75, 3.05) is 19.3 Å². The average molecular weight is 336 g/mol. The molecule has 0 bridgehead atoms. The molecule has 1 aliphatic carbocycles. The van der Waals surface area contributed by atoms with E-state index in [1.54, 1.807) is 10.8 Å². The van der Waals surface area contributed by atoms with E-state index in [0.29, 0.717) is 5.75 Å². The van der Waals surface area contributed by atoms with E-state index < -0.39 is 0 Å². The minimum atomic E-state index is -0.237. The molecule has 0 atom stereocenters. The topological polar surface area (TPSA) is 54.1 Å². The van der Waals surface area contributed by atoms with Crippen LogP contribution in [0.5, 0.6) is 5.75 Å². The summed E-state index contributed by atoms with van der Waals surface area (Å²) in [5, 5.41) is 3.92. The number of aromatic nitrogens is 1. The molecule has 1 aliphatic rings. The zero-order valence-electron chi connectivity index (χ0n) is 12.6. The van der Waals surface area contributed by atoms with Gasteiger partial charge in [0.15, 0.2) is 0 Å². The van der Waals surface area contributed by atoms with Gasteiger partial charge in [-0.2, -0.15) is 0 Å². The number of likely N-dealkylation sites (N-methyl/N-ethyl adjacent to an activating group) is 1. The van der Waals surface area contributed by atoms with Crippen molar-refractivity contribution in [2.45, 2.75) is 19.3 Å². The van der Waals surface area contributed by atoms with Crippen LogP contribution in [0, 0.1) is 5.92 Å². The van der Waals surface area contributed by atoms with E-state index in [1.165, 1.54) is 29.2 Å². The Morgan fingerprint density at radius 2 is 2.32 bits per heavy atom. The first kappa shape index (κ1) is 15.8. The summed E-state index contributed by atoms with van der Waals surface area (Å²) in [6.07, 6.45) is 5.50. The summed E-state index contributed by atoms with van der Waals surface area (Å²) in [6, 6.07) is 5.78. The van der Waals surface area contributed by atoms with Gasteiger partial charge in [-0.3, -0.25) is 0 Å². The second-order valence-electron chi connectivity index (χ2n) is 5.51. The molecule has 1 heterocycles. The first-order valence-corrected chi connectivity index (χ1v) is 9.84. The average Bonchev–Trinajstić information content (AvgIpc) is 3.24. The standard InChI is InChI=1S/C16H20N2O2S2/c1-17-8-7-12-9-18-13-3-2-4-14(15(12)13)20-16(19)22-21-10-11-5-6-11/h2-4,9,11,17-18H,5-8,10H2,1H3. The molecule has 0 unspecified atom stereocenters. The Bertz CT molecular complexity index is 653. The third kappa shape index (κ3) is 4.00. The van der Waals surface area contributed by atoms with Crippen LogP contribution in [0.25, 0.3) is 10.9 Å². The molecular formula is C16H20N2O2S2. The molecule has 1 aromatic heterocycles. The number of carbonyl (C=O) groups excluding carboxylic acids is 1. The van der Waals surface area contributed by atoms with Gasteiger partial charge >= 0.3 is 5.30 Å². The molecule has 2 N–H and O–H groups in total. The third-order valence-electron chi connectivity index (χ3n) is 3.71. The lowest BCUT2D eigenvalue weighted by Gasteiger charge is -2.07. The van der Waals surface area contributed by atoms with E-state index in [-0.39, 0.29) is 5.30 Å². The maximum Gasteiger partial charge on any atom is 0.383 e. The molecule has 0 radical (unpaired) electrons. The van der Waals surface area contributed by atoms with Crippen molar-refractivity contribution in [3.8, 4) is 5.75 Å². The molecule has 1 fully saturated rings. The van der Waals surface area contributed by atoms with Crippen LogP contribution >= 0.6 is 21.6 Å². The molecule has 2 aromatic rings. The maximum atomic E-state index is 12.0. The van der Waals surface area contributed by atoms with Crippen molar-refractivity contribution in [3.05, 3.63) is 30.0 Å². The van der Waals surface area contributed by atoms with Crippen molar-refractivity contribution in [3.63, 3.8) is 0 Å². The summed E-state index contributed by atoms with van der Waals surface area (Å²) >= 11 is 0. The summed E-state index contributed by atoms with van der Waals surface area (Å²) in [5.41, 5.74) is 2.18. The fourth-order valence-electron chi connectivity index (χ4n) is 2.33. The number of rotatable bonds is 7. The molecule has 3 rings (SSSR count). The van der Waals surface area contributed by atoms with Crippen molar-refractivity contribution in [1.82, 2.24) is 10.3 Å². The number of ether oxygens (including phenoxy) is 1. The second-order valence-corrected chi connectivity index (χ2v) is 7.79. The van der Waals surface area contributed by atoms with Gasteiger partial charge in [0.1, 0.15) is 5.75 Å². The number of benzene rings is 1. The highest BCUT2D eigenvalue weighted by Crippen LogP contribution is 2.38. The normalized spacial score (nSPS) is 14.4. The second kappa shape index (κ2) is 7.44. The molecule has 6 heteroatoms. The number of aromatic amines is 1. The highest BCUT2D eigenvalue weighted by molar-refractivity contribution is 8.82. The first-order chi connectivity index (χ1) is 10.8. The number of H-pyrrole nitrogens is 1. The third-order valence-corrected chi connectivity index (χ3v) is 5.83. The van der Waals surface area contributed by atoms with Crippen molar-refractivity contribution >= 4 is 37.8 Å². The molecule has 0 aliphatic heterocycles. The summed E-state index contributed by atoms with van der Waals surface area (Å²) in [7, 11) is 4.74. The highest BCUT2D eigenvalue weighted by Gasteiger charge is 2.22. The predicted molar refractivity (Wildman–Crippen MR) is 94.7 cm³/mol. The summed E-state index contributed by atoms with van der Waals surface area (Å²) in [4.78, 5) is 15.2. The van der Waals surface area contributed by atoms with E-state index in [2.05, 4.69) is 10.3 Å². The number of nitrogens with one attached hydrogen (secondary N) is 2. The molecule has 1 saturated carbocycles. The molecule has 0 amide bonds. The first-order valence-electron chi connectivity index (χ1n) is 7.53. The van der Waals surface area contributed by atoms with Crippen molar-refractivity contribution < 1.29 is 9.53 Å². The van der Waals surface area contributed by atoms with Gasteiger partial charge in [0, 0.05) is 33.6 Å². The molecule has 22 heavy (non-hydrogen) atoms.